The average Bonchev–Trinajstić information content (AvgIpc) is 3.07. The minimum Gasteiger partial charge on any atom is -0.436 e. The van der Waals surface area contributed by atoms with Crippen LogP contribution in [0.2, 0.25) is 5.02 Å². The Bertz CT molecular complexity index is 1050. The Morgan fingerprint density at radius 1 is 1.54 bits per heavy atom. The van der Waals surface area contributed by atoms with E-state index in [1.807, 2.05) is 0 Å². The van der Waals surface area contributed by atoms with E-state index >= 15 is 0 Å². The summed E-state index contributed by atoms with van der Waals surface area (Å²) >= 11 is 5.80. The molecule has 2 aromatic rings. The van der Waals surface area contributed by atoms with Crippen molar-refractivity contribution in [1.82, 2.24) is 15.1 Å². The van der Waals surface area contributed by atoms with Gasteiger partial charge in [0.1, 0.15) is 0 Å². The Morgan fingerprint density at radius 3 is 2.88 bits per heavy atom. The van der Waals surface area contributed by atoms with E-state index in [9.17, 15) is 19.3 Å². The van der Waals surface area contributed by atoms with Crippen LogP contribution < -0.4 is 10.1 Å². The van der Waals surface area contributed by atoms with Gasteiger partial charge in [-0.05, 0) is 20.6 Å². The third kappa shape index (κ3) is 4.19. The van der Waals surface area contributed by atoms with Crippen molar-refractivity contribution in [3.05, 3.63) is 45.4 Å². The van der Waals surface area contributed by atoms with Crippen molar-refractivity contribution in [2.45, 2.75) is 26.1 Å². The maximum absolute atomic E-state index is 13.8. The number of ether oxygens (including phenoxy) is 1. The van der Waals surface area contributed by atoms with E-state index in [-0.39, 0.29) is 5.02 Å². The number of nitrogens with one attached hydrogen (secondary N) is 1. The number of carbonyl (C=O) groups is 1. The molecule has 2 rings (SSSR count). The fourth-order valence-corrected chi connectivity index (χ4v) is 1.74. The van der Waals surface area contributed by atoms with E-state index in [2.05, 4.69) is 5.10 Å². The summed E-state index contributed by atoms with van der Waals surface area (Å²) in [6.45, 7) is -11.1. The van der Waals surface area contributed by atoms with Crippen molar-refractivity contribution in [3.8, 4) is 11.6 Å². The molecule has 0 bridgehead atoms. The molecule has 0 radical (unpaired) electrons. The summed E-state index contributed by atoms with van der Waals surface area (Å²) < 4.78 is 86.8. The van der Waals surface area contributed by atoms with Gasteiger partial charge in [-0.3, -0.25) is 10.1 Å². The summed E-state index contributed by atoms with van der Waals surface area (Å²) in [5.41, 5.74) is -4.56. The third-order valence-electron chi connectivity index (χ3n) is 2.48. The zero-order chi connectivity index (χ0) is 25.6. The molecule has 1 amide bonds. The third-order valence-corrected chi connectivity index (χ3v) is 2.78. The Hall–Kier alpha value is -2.68. The second-order valence-electron chi connectivity index (χ2n) is 4.37. The summed E-state index contributed by atoms with van der Waals surface area (Å²) in [4.78, 5) is 22.2. The summed E-state index contributed by atoms with van der Waals surface area (Å²) in [6.07, 6.45) is 0.865. The van der Waals surface area contributed by atoms with Crippen LogP contribution in [0.1, 0.15) is 32.9 Å². The highest BCUT2D eigenvalue weighted by atomic mass is 35.5. The molecule has 0 aliphatic heterocycles. The van der Waals surface area contributed by atoms with Crippen molar-refractivity contribution in [1.29, 1.82) is 0 Å². The molecule has 24 heavy (non-hydrogen) atoms. The van der Waals surface area contributed by atoms with Gasteiger partial charge in [0.05, 0.1) is 9.95 Å². The highest BCUT2D eigenvalue weighted by Gasteiger charge is 2.20. The monoisotopic (exact) mass is 365 g/mol. The standard InChI is InChI=1S/C14H14ClFN4O4/c1-14(2,3)17-13(21)19-5-4-12(18-19)24-11-7-9(16)10(20(22)23)6-8(11)15/h4-7H,1-3H3,(H,17,21)/i1D3,2D3,3D3. The first-order chi connectivity index (χ1) is 14.8. The molecule has 0 unspecified atom stereocenters. The Labute approximate surface area is 154 Å². The maximum atomic E-state index is 13.8. The average molecular weight is 366 g/mol. The van der Waals surface area contributed by atoms with Crippen LogP contribution >= 0.6 is 11.6 Å². The first kappa shape index (κ1) is 8.97. The van der Waals surface area contributed by atoms with Gasteiger partial charge in [-0.25, -0.2) is 4.79 Å². The highest BCUT2D eigenvalue weighted by molar-refractivity contribution is 6.32. The predicted molar refractivity (Wildman–Crippen MR) is 84.0 cm³/mol. The molecule has 8 nitrogen and oxygen atoms in total. The number of nitrogens with zero attached hydrogens (tertiary/aromatic N) is 3. The zero-order valence-electron chi connectivity index (χ0n) is 20.5. The molecule has 0 spiro atoms. The molecule has 1 aromatic heterocycles. The summed E-state index contributed by atoms with van der Waals surface area (Å²) in [5, 5.41) is 15.5. The maximum Gasteiger partial charge on any atom is 0.342 e. The van der Waals surface area contributed by atoms with E-state index in [0.29, 0.717) is 16.8 Å². The lowest BCUT2D eigenvalue weighted by molar-refractivity contribution is -0.387. The Balaban J connectivity index is 2.38. The first-order valence-electron chi connectivity index (χ1n) is 10.5. The van der Waals surface area contributed by atoms with Crippen LogP contribution in [0, 0.1) is 15.9 Å². The van der Waals surface area contributed by atoms with Gasteiger partial charge in [0.25, 0.3) is 0 Å². The second-order valence-corrected chi connectivity index (χ2v) is 4.78. The number of hydrogen-bond donors (Lipinski definition) is 1. The molecule has 0 aliphatic carbocycles. The second kappa shape index (κ2) is 6.44. The number of nitro benzene ring substituents is 1. The number of nitro groups is 1. The normalized spacial score (nSPS) is 18.3. The smallest absolute Gasteiger partial charge is 0.342 e. The topological polar surface area (TPSA) is 99.3 Å². The number of hydrogen-bond acceptors (Lipinski definition) is 5. The number of amides is 1. The molecular formula is C14H14ClFN4O4. The van der Waals surface area contributed by atoms with E-state index < -0.39 is 60.2 Å². The van der Waals surface area contributed by atoms with Crippen LogP contribution in [0.5, 0.6) is 11.6 Å². The van der Waals surface area contributed by atoms with Crippen LogP contribution in [0.25, 0.3) is 0 Å². The van der Waals surface area contributed by atoms with Gasteiger partial charge in [0.2, 0.25) is 11.7 Å². The molecule has 0 saturated carbocycles. The predicted octanol–water partition coefficient (Wildman–Crippen LogP) is 3.73. The van der Waals surface area contributed by atoms with Gasteiger partial charge in [-0.1, -0.05) is 11.6 Å². The molecule has 128 valence electrons. The lowest BCUT2D eigenvalue weighted by Crippen LogP contribution is -2.43. The van der Waals surface area contributed by atoms with Crippen LogP contribution in [-0.2, 0) is 0 Å². The van der Waals surface area contributed by atoms with Gasteiger partial charge in [-0.2, -0.15) is 9.07 Å². The Kier molecular flexibility index (Phi) is 2.41. The summed E-state index contributed by atoms with van der Waals surface area (Å²) in [7, 11) is 0. The number of halogens is 2. The van der Waals surface area contributed by atoms with E-state index in [1.165, 1.54) is 0 Å². The SMILES string of the molecule is [2H]C([2H])([2H])C(NC(=O)n1ccc(Oc2cc(F)c([N+](=O)[O-])cc2Cl)n1)(C([2H])([2H])[2H])C([2H])([2H])[2H]. The van der Waals surface area contributed by atoms with Crippen LogP contribution in [0.3, 0.4) is 0 Å². The van der Waals surface area contributed by atoms with Gasteiger partial charge in [-0.15, -0.1) is 5.10 Å². The number of benzene rings is 1. The van der Waals surface area contributed by atoms with Crippen LogP contribution in [0.15, 0.2) is 24.4 Å². The first-order valence-corrected chi connectivity index (χ1v) is 6.39. The minimum atomic E-state index is -3.69. The number of carbonyl (C=O) groups excluding carboxylic acids is 1. The molecule has 10 heteroatoms. The van der Waals surface area contributed by atoms with Crippen LogP contribution in [-0.4, -0.2) is 26.3 Å². The molecule has 0 atom stereocenters. The van der Waals surface area contributed by atoms with Crippen molar-refractivity contribution < 1.29 is 31.2 Å². The number of rotatable bonds is 3. The molecule has 0 saturated heterocycles. The number of aromatic nitrogens is 2. The molecule has 1 N–H and O–H groups in total. The lowest BCUT2D eigenvalue weighted by Gasteiger charge is -2.19. The zero-order valence-corrected chi connectivity index (χ0v) is 12.3. The summed E-state index contributed by atoms with van der Waals surface area (Å²) in [5.74, 6) is -2.15. The van der Waals surface area contributed by atoms with Gasteiger partial charge < -0.3 is 10.1 Å². The van der Waals surface area contributed by atoms with E-state index in [4.69, 9.17) is 28.7 Å². The fourth-order valence-electron chi connectivity index (χ4n) is 1.54. The molecule has 0 aliphatic rings. The molecule has 0 fully saturated rings. The van der Waals surface area contributed by atoms with Crippen LogP contribution in [0.4, 0.5) is 14.9 Å². The fraction of sp³-hybridized carbons (Fsp3) is 0.286. The van der Waals surface area contributed by atoms with Crippen molar-refractivity contribution in [2.75, 3.05) is 0 Å². The summed E-state index contributed by atoms with van der Waals surface area (Å²) in [6, 6.07) is 0.723. The Morgan fingerprint density at radius 2 is 2.25 bits per heavy atom. The van der Waals surface area contributed by atoms with Gasteiger partial charge >= 0.3 is 11.7 Å². The molecule has 1 aromatic carbocycles. The van der Waals surface area contributed by atoms with E-state index in [0.717, 1.165) is 12.3 Å². The van der Waals surface area contributed by atoms with Crippen molar-refractivity contribution in [3.63, 3.8) is 0 Å². The van der Waals surface area contributed by atoms with Crippen molar-refractivity contribution in [2.24, 2.45) is 0 Å². The highest BCUT2D eigenvalue weighted by Crippen LogP contribution is 2.33. The molecular weight excluding hydrogens is 343 g/mol. The van der Waals surface area contributed by atoms with Gasteiger partial charge in [0.15, 0.2) is 5.75 Å². The quantitative estimate of drug-likeness (QED) is 0.659. The lowest BCUT2D eigenvalue weighted by atomic mass is 10.1. The van der Waals surface area contributed by atoms with Gasteiger partial charge in [0, 0.05) is 42.3 Å². The largest absolute Gasteiger partial charge is 0.436 e. The van der Waals surface area contributed by atoms with Crippen molar-refractivity contribution >= 4 is 23.3 Å². The minimum absolute atomic E-state index is 0.350. The van der Waals surface area contributed by atoms with E-state index in [1.54, 1.807) is 5.32 Å². The molecule has 1 heterocycles.